The standard InChI is InChI=1S/C12H15N3S2/c1-7-3-4-8-9(6-17-10(8)5-7)11-13-14-12(16)15(11)2/h6-7H,3-5H2,1-2H3,(H,14,16)/t7-/m0/s1. The van der Waals surface area contributed by atoms with Crippen LogP contribution in [-0.2, 0) is 19.9 Å². The topological polar surface area (TPSA) is 33.6 Å². The van der Waals surface area contributed by atoms with Crippen LogP contribution >= 0.6 is 23.6 Å². The van der Waals surface area contributed by atoms with Crippen LogP contribution in [0, 0.1) is 10.7 Å². The zero-order valence-electron chi connectivity index (χ0n) is 9.99. The summed E-state index contributed by atoms with van der Waals surface area (Å²) in [5.41, 5.74) is 2.76. The van der Waals surface area contributed by atoms with E-state index in [0.29, 0.717) is 4.77 Å². The lowest BCUT2D eigenvalue weighted by molar-refractivity contribution is 0.508. The van der Waals surface area contributed by atoms with Crippen molar-refractivity contribution in [3.8, 4) is 11.4 Å². The number of hydrogen-bond acceptors (Lipinski definition) is 3. The first-order chi connectivity index (χ1) is 8.16. The molecule has 0 spiro atoms. The molecule has 0 amide bonds. The van der Waals surface area contributed by atoms with Gasteiger partial charge in [0, 0.05) is 22.9 Å². The Morgan fingerprint density at radius 2 is 2.41 bits per heavy atom. The van der Waals surface area contributed by atoms with Gasteiger partial charge in [-0.2, -0.15) is 5.10 Å². The van der Waals surface area contributed by atoms with Gasteiger partial charge in [0.2, 0.25) is 0 Å². The van der Waals surface area contributed by atoms with E-state index >= 15 is 0 Å². The largest absolute Gasteiger partial charge is 0.303 e. The van der Waals surface area contributed by atoms with Crippen molar-refractivity contribution in [2.45, 2.75) is 26.2 Å². The second-order valence-corrected chi connectivity index (χ2v) is 6.16. The molecular weight excluding hydrogens is 250 g/mol. The van der Waals surface area contributed by atoms with Crippen LogP contribution in [0.2, 0.25) is 0 Å². The fraction of sp³-hybridized carbons (Fsp3) is 0.500. The number of aromatic amines is 1. The molecule has 0 fully saturated rings. The quantitative estimate of drug-likeness (QED) is 0.802. The molecule has 3 nitrogen and oxygen atoms in total. The molecule has 0 aliphatic heterocycles. The van der Waals surface area contributed by atoms with E-state index in [4.69, 9.17) is 12.2 Å². The molecule has 1 N–H and O–H groups in total. The van der Waals surface area contributed by atoms with E-state index in [-0.39, 0.29) is 0 Å². The molecule has 0 aromatic carbocycles. The van der Waals surface area contributed by atoms with Crippen LogP contribution in [0.4, 0.5) is 0 Å². The molecule has 17 heavy (non-hydrogen) atoms. The molecule has 2 heterocycles. The van der Waals surface area contributed by atoms with Gasteiger partial charge in [0.25, 0.3) is 0 Å². The predicted octanol–water partition coefficient (Wildman–Crippen LogP) is 3.33. The van der Waals surface area contributed by atoms with Crippen LogP contribution in [0.15, 0.2) is 5.38 Å². The smallest absolute Gasteiger partial charge is 0.195 e. The summed E-state index contributed by atoms with van der Waals surface area (Å²) in [6.07, 6.45) is 3.68. The van der Waals surface area contributed by atoms with Crippen molar-refractivity contribution < 1.29 is 0 Å². The Labute approximate surface area is 109 Å². The summed E-state index contributed by atoms with van der Waals surface area (Å²) in [6, 6.07) is 0. The van der Waals surface area contributed by atoms with Gasteiger partial charge in [-0.15, -0.1) is 11.3 Å². The van der Waals surface area contributed by atoms with Gasteiger partial charge >= 0.3 is 0 Å². The SMILES string of the molecule is C[C@H]1CCc2c(-c3n[nH]c(=S)n3C)csc2C1. The third kappa shape index (κ3) is 1.77. The molecule has 0 unspecified atom stereocenters. The summed E-state index contributed by atoms with van der Waals surface area (Å²) in [7, 11) is 1.97. The van der Waals surface area contributed by atoms with Gasteiger partial charge in [-0.05, 0) is 43.0 Å². The second kappa shape index (κ2) is 4.07. The number of H-pyrrole nitrogens is 1. The van der Waals surface area contributed by atoms with Crippen molar-refractivity contribution in [2.24, 2.45) is 13.0 Å². The van der Waals surface area contributed by atoms with Gasteiger partial charge in [-0.1, -0.05) is 6.92 Å². The summed E-state index contributed by atoms with van der Waals surface area (Å²) in [5, 5.41) is 9.43. The van der Waals surface area contributed by atoms with Gasteiger partial charge in [-0.3, -0.25) is 5.10 Å². The zero-order valence-corrected chi connectivity index (χ0v) is 11.6. The van der Waals surface area contributed by atoms with Gasteiger partial charge in [-0.25, -0.2) is 0 Å². The highest BCUT2D eigenvalue weighted by Gasteiger charge is 2.22. The van der Waals surface area contributed by atoms with Crippen LogP contribution in [0.1, 0.15) is 23.8 Å². The minimum atomic E-state index is 0.684. The van der Waals surface area contributed by atoms with Gasteiger partial charge in [0.1, 0.15) is 0 Å². The number of rotatable bonds is 1. The maximum absolute atomic E-state index is 5.17. The average Bonchev–Trinajstić information content (AvgIpc) is 2.84. The fourth-order valence-corrected chi connectivity index (χ4v) is 3.83. The minimum absolute atomic E-state index is 0.684. The highest BCUT2D eigenvalue weighted by molar-refractivity contribution is 7.71. The number of thiophene rings is 1. The molecule has 2 aromatic rings. The van der Waals surface area contributed by atoms with Crippen molar-refractivity contribution in [1.29, 1.82) is 0 Å². The maximum atomic E-state index is 5.17. The molecule has 90 valence electrons. The predicted molar refractivity (Wildman–Crippen MR) is 72.9 cm³/mol. The number of nitrogens with one attached hydrogen (secondary N) is 1. The summed E-state index contributed by atoms with van der Waals surface area (Å²) >= 11 is 7.04. The summed E-state index contributed by atoms with van der Waals surface area (Å²) in [5.74, 6) is 1.79. The van der Waals surface area contributed by atoms with Crippen molar-refractivity contribution in [1.82, 2.24) is 14.8 Å². The normalized spacial score (nSPS) is 19.3. The van der Waals surface area contributed by atoms with Crippen molar-refractivity contribution >= 4 is 23.6 Å². The summed E-state index contributed by atoms with van der Waals surface area (Å²) in [6.45, 7) is 2.33. The van der Waals surface area contributed by atoms with Crippen LogP contribution in [-0.4, -0.2) is 14.8 Å². The summed E-state index contributed by atoms with van der Waals surface area (Å²) in [4.78, 5) is 1.53. The van der Waals surface area contributed by atoms with Crippen LogP contribution in [0.5, 0.6) is 0 Å². The highest BCUT2D eigenvalue weighted by atomic mass is 32.1. The second-order valence-electron chi connectivity index (χ2n) is 4.81. The van der Waals surface area contributed by atoms with Crippen molar-refractivity contribution in [2.75, 3.05) is 0 Å². The van der Waals surface area contributed by atoms with Crippen LogP contribution in [0.25, 0.3) is 11.4 Å². The number of hydrogen-bond donors (Lipinski definition) is 1. The Balaban J connectivity index is 2.11. The van der Waals surface area contributed by atoms with E-state index in [9.17, 15) is 0 Å². The molecule has 0 saturated heterocycles. The van der Waals surface area contributed by atoms with Gasteiger partial charge in [0.05, 0.1) is 0 Å². The average molecular weight is 265 g/mol. The van der Waals surface area contributed by atoms with E-state index in [1.54, 1.807) is 0 Å². The highest BCUT2D eigenvalue weighted by Crippen LogP contribution is 2.37. The third-order valence-corrected chi connectivity index (χ3v) is 4.94. The molecule has 3 rings (SSSR count). The number of aromatic nitrogens is 3. The first kappa shape index (κ1) is 11.2. The molecule has 0 radical (unpaired) electrons. The Morgan fingerprint density at radius 1 is 1.59 bits per heavy atom. The van der Waals surface area contributed by atoms with E-state index in [1.165, 1.54) is 35.3 Å². The van der Waals surface area contributed by atoms with Crippen LogP contribution < -0.4 is 0 Å². The lowest BCUT2D eigenvalue weighted by atomic mass is 9.88. The molecule has 2 aromatic heterocycles. The van der Waals surface area contributed by atoms with Crippen molar-refractivity contribution in [3.05, 3.63) is 20.6 Å². The first-order valence-electron chi connectivity index (χ1n) is 5.88. The molecule has 1 atom stereocenters. The molecule has 5 heteroatoms. The van der Waals surface area contributed by atoms with E-state index in [0.717, 1.165) is 11.7 Å². The lowest BCUT2D eigenvalue weighted by Crippen LogP contribution is -2.09. The fourth-order valence-electron chi connectivity index (χ4n) is 2.45. The van der Waals surface area contributed by atoms with Gasteiger partial charge in [0.15, 0.2) is 10.6 Å². The Kier molecular flexibility index (Phi) is 2.67. The molecule has 0 saturated carbocycles. The number of fused-ring (bicyclic) bond motifs is 1. The third-order valence-electron chi connectivity index (χ3n) is 3.52. The van der Waals surface area contributed by atoms with Crippen LogP contribution in [0.3, 0.4) is 0 Å². The Hall–Kier alpha value is -0.940. The Morgan fingerprint density at radius 3 is 3.12 bits per heavy atom. The minimum Gasteiger partial charge on any atom is -0.303 e. The molecule has 0 bridgehead atoms. The Bertz CT molecular complexity index is 606. The first-order valence-corrected chi connectivity index (χ1v) is 7.16. The van der Waals surface area contributed by atoms with E-state index < -0.39 is 0 Å². The molecular formula is C12H15N3S2. The maximum Gasteiger partial charge on any atom is 0.195 e. The summed E-state index contributed by atoms with van der Waals surface area (Å²) < 4.78 is 2.64. The lowest BCUT2D eigenvalue weighted by Gasteiger charge is -2.18. The molecule has 1 aliphatic carbocycles. The van der Waals surface area contributed by atoms with Gasteiger partial charge < -0.3 is 4.57 Å². The van der Waals surface area contributed by atoms with E-state index in [2.05, 4.69) is 22.5 Å². The molecule has 1 aliphatic rings. The van der Waals surface area contributed by atoms with Crippen molar-refractivity contribution in [3.63, 3.8) is 0 Å². The zero-order chi connectivity index (χ0) is 12.0. The number of nitrogens with zero attached hydrogens (tertiary/aromatic N) is 2. The monoisotopic (exact) mass is 265 g/mol. The van der Waals surface area contributed by atoms with E-state index in [1.807, 2.05) is 23.0 Å².